The van der Waals surface area contributed by atoms with E-state index in [1.165, 1.54) is 34.0 Å². The number of aryl methyl sites for hydroxylation is 1. The van der Waals surface area contributed by atoms with Crippen LogP contribution in [0.15, 0.2) is 53.4 Å². The normalized spacial score (nSPS) is 20.1. The molecule has 3 fully saturated rings. The summed E-state index contributed by atoms with van der Waals surface area (Å²) in [7, 11) is -3.48. The van der Waals surface area contributed by atoms with Gasteiger partial charge in [-0.1, -0.05) is 36.4 Å². The minimum atomic E-state index is -4.50. The first-order valence-corrected chi connectivity index (χ1v) is 22.6. The van der Waals surface area contributed by atoms with E-state index in [9.17, 15) is 26.4 Å². The number of fused-ring (bicyclic) bond motifs is 1. The molecule has 10 nitrogen and oxygen atoms in total. The number of thioether (sulfide) groups is 1. The van der Waals surface area contributed by atoms with Gasteiger partial charge in [0.2, 0.25) is 15.9 Å². The van der Waals surface area contributed by atoms with Crippen molar-refractivity contribution in [1.82, 2.24) is 33.7 Å². The van der Waals surface area contributed by atoms with Gasteiger partial charge in [-0.2, -0.15) is 22.6 Å². The lowest BCUT2D eigenvalue weighted by atomic mass is 10.0. The Kier molecular flexibility index (Phi) is 12.9. The van der Waals surface area contributed by atoms with E-state index in [4.69, 9.17) is 5.10 Å². The van der Waals surface area contributed by atoms with Crippen LogP contribution in [0.1, 0.15) is 54.5 Å². The summed E-state index contributed by atoms with van der Waals surface area (Å²) in [6.07, 6.45) is 2.61. The molecule has 5 heterocycles. The van der Waals surface area contributed by atoms with Gasteiger partial charge in [0.15, 0.2) is 0 Å². The van der Waals surface area contributed by atoms with Gasteiger partial charge >= 0.3 is 6.18 Å². The molecular formula is C40H54F3N7O3S2. The van der Waals surface area contributed by atoms with Crippen LogP contribution in [0.4, 0.5) is 13.2 Å². The second-order valence-corrected chi connectivity index (χ2v) is 18.6. The summed E-state index contributed by atoms with van der Waals surface area (Å²) < 4.78 is 71.6. The largest absolute Gasteiger partial charge is 0.417 e. The Morgan fingerprint density at radius 1 is 0.836 bits per heavy atom. The summed E-state index contributed by atoms with van der Waals surface area (Å²) >= 11 is 1.23. The van der Waals surface area contributed by atoms with E-state index in [0.29, 0.717) is 55.5 Å². The summed E-state index contributed by atoms with van der Waals surface area (Å²) in [5.41, 5.74) is 3.53. The Morgan fingerprint density at radius 3 is 2.22 bits per heavy atom. The maximum atomic E-state index is 14.3. The average Bonchev–Trinajstić information content (AvgIpc) is 3.77. The van der Waals surface area contributed by atoms with Gasteiger partial charge in [-0.05, 0) is 56.3 Å². The number of piperidine rings is 1. The SMILES string of the molecule is CS(=O)(=O)N1CCc2c(c(-c3ccc(C(F)(F)F)c(SCCN4CCN(CCc5ccccc5)CC4)c3)nn2CCCN2CCC(N3CCCC3=O)CC2)C1. The lowest BCUT2D eigenvalue weighted by Crippen LogP contribution is -2.47. The van der Waals surface area contributed by atoms with Crippen molar-refractivity contribution in [2.24, 2.45) is 0 Å². The van der Waals surface area contributed by atoms with Crippen LogP contribution in [0.3, 0.4) is 0 Å². The topological polar surface area (TPSA) is 85.2 Å². The van der Waals surface area contributed by atoms with Gasteiger partial charge in [0.05, 0.1) is 17.5 Å². The molecule has 1 amide bonds. The Bertz CT molecular complexity index is 1880. The van der Waals surface area contributed by atoms with E-state index < -0.39 is 21.8 Å². The number of likely N-dealkylation sites (tertiary alicyclic amines) is 2. The number of amides is 1. The molecule has 0 aliphatic carbocycles. The number of alkyl halides is 3. The number of carbonyl (C=O) groups excluding carboxylic acids is 1. The average molecular weight is 802 g/mol. The number of hydrogen-bond acceptors (Lipinski definition) is 8. The van der Waals surface area contributed by atoms with Crippen LogP contribution in [0.25, 0.3) is 11.3 Å². The highest BCUT2D eigenvalue weighted by Gasteiger charge is 2.35. The number of sulfonamides is 1. The second kappa shape index (κ2) is 17.7. The van der Waals surface area contributed by atoms with Crippen LogP contribution in [0.2, 0.25) is 0 Å². The fraction of sp³-hybridized carbons (Fsp3) is 0.600. The van der Waals surface area contributed by atoms with E-state index in [1.54, 1.807) is 6.07 Å². The van der Waals surface area contributed by atoms with E-state index >= 15 is 0 Å². The van der Waals surface area contributed by atoms with Gasteiger partial charge < -0.3 is 14.7 Å². The second-order valence-electron chi connectivity index (χ2n) is 15.4. The lowest BCUT2D eigenvalue weighted by Gasteiger charge is -2.36. The van der Waals surface area contributed by atoms with Crippen molar-refractivity contribution in [3.63, 3.8) is 0 Å². The van der Waals surface area contributed by atoms with E-state index in [1.807, 2.05) is 10.7 Å². The van der Waals surface area contributed by atoms with Crippen molar-refractivity contribution in [2.75, 3.05) is 84.0 Å². The maximum absolute atomic E-state index is 14.3. The van der Waals surface area contributed by atoms with E-state index in [2.05, 4.69) is 43.9 Å². The van der Waals surface area contributed by atoms with Crippen molar-refractivity contribution in [2.45, 2.75) is 75.1 Å². The maximum Gasteiger partial charge on any atom is 0.417 e. The quantitative estimate of drug-likeness (QED) is 0.203. The molecule has 0 unspecified atom stereocenters. The van der Waals surface area contributed by atoms with Crippen LogP contribution in [0, 0.1) is 0 Å². The van der Waals surface area contributed by atoms with E-state index in [-0.39, 0.29) is 17.3 Å². The molecule has 3 saturated heterocycles. The molecule has 3 aromatic rings. The van der Waals surface area contributed by atoms with Crippen molar-refractivity contribution in [3.8, 4) is 11.3 Å². The molecule has 0 bridgehead atoms. The summed E-state index contributed by atoms with van der Waals surface area (Å²) in [4.78, 5) is 21.7. The fourth-order valence-corrected chi connectivity index (χ4v) is 10.5. The molecule has 0 radical (unpaired) electrons. The monoisotopic (exact) mass is 801 g/mol. The molecule has 0 atom stereocenters. The zero-order valence-corrected chi connectivity index (χ0v) is 33.5. The molecule has 300 valence electrons. The van der Waals surface area contributed by atoms with Gasteiger partial charge in [0.1, 0.15) is 0 Å². The molecular weight excluding hydrogens is 748 g/mol. The molecule has 1 aromatic heterocycles. The molecule has 0 N–H and O–H groups in total. The van der Waals surface area contributed by atoms with Crippen LogP contribution in [0.5, 0.6) is 0 Å². The van der Waals surface area contributed by atoms with E-state index in [0.717, 1.165) is 108 Å². The third kappa shape index (κ3) is 10.1. The van der Waals surface area contributed by atoms with Gasteiger partial charge in [0.25, 0.3) is 0 Å². The molecule has 15 heteroatoms. The van der Waals surface area contributed by atoms with Gasteiger partial charge in [-0.15, -0.1) is 11.8 Å². The molecule has 4 aliphatic rings. The van der Waals surface area contributed by atoms with Gasteiger partial charge in [-0.25, -0.2) is 8.42 Å². The summed E-state index contributed by atoms with van der Waals surface area (Å²) in [6.45, 7) is 10.1. The molecule has 4 aliphatic heterocycles. The molecule has 7 rings (SSSR count). The smallest absolute Gasteiger partial charge is 0.340 e. The molecule has 2 aromatic carbocycles. The zero-order valence-electron chi connectivity index (χ0n) is 31.9. The Morgan fingerprint density at radius 2 is 1.55 bits per heavy atom. The first-order valence-electron chi connectivity index (χ1n) is 19.8. The van der Waals surface area contributed by atoms with Gasteiger partial charge in [-0.3, -0.25) is 14.4 Å². The number of benzene rings is 2. The third-order valence-corrected chi connectivity index (χ3v) is 14.1. The van der Waals surface area contributed by atoms with Crippen molar-refractivity contribution in [1.29, 1.82) is 0 Å². The van der Waals surface area contributed by atoms with Crippen molar-refractivity contribution >= 4 is 27.7 Å². The van der Waals surface area contributed by atoms with Gasteiger partial charge in [0, 0.05) is 125 Å². The predicted molar refractivity (Wildman–Crippen MR) is 210 cm³/mol. The fourth-order valence-electron chi connectivity index (χ4n) is 8.60. The van der Waals surface area contributed by atoms with Crippen LogP contribution in [-0.4, -0.2) is 138 Å². The first-order chi connectivity index (χ1) is 26.4. The zero-order chi connectivity index (χ0) is 38.6. The molecule has 0 saturated carbocycles. The Labute approximate surface area is 328 Å². The van der Waals surface area contributed by atoms with Crippen molar-refractivity contribution in [3.05, 3.63) is 70.9 Å². The van der Waals surface area contributed by atoms with Crippen molar-refractivity contribution < 1.29 is 26.4 Å². The highest BCUT2D eigenvalue weighted by Crippen LogP contribution is 2.40. The number of aromatic nitrogens is 2. The standard InChI is InChI=1S/C40H54F3N7O3S2/c1-55(52,53)48-22-15-36-34(30-48)39(44-50(36)18-6-16-45-20-13-33(14-21-45)49-17-5-9-38(49)51)32-10-11-35(40(41,42)43)37(29-32)54-28-27-47-25-23-46(24-26-47)19-12-31-7-3-2-4-8-31/h2-4,7-8,10-11,29,33H,5-6,9,12-28,30H2,1H3. The molecule has 0 spiro atoms. The highest BCUT2D eigenvalue weighted by molar-refractivity contribution is 7.99. The minimum Gasteiger partial charge on any atom is -0.340 e. The number of piperazine rings is 1. The first kappa shape index (κ1) is 40.3. The molecule has 55 heavy (non-hydrogen) atoms. The number of hydrogen-bond donors (Lipinski definition) is 0. The lowest BCUT2D eigenvalue weighted by molar-refractivity contribution is -0.139. The number of carbonyl (C=O) groups is 1. The number of rotatable bonds is 14. The Hall–Kier alpha value is -2.95. The van der Waals surface area contributed by atoms with Crippen LogP contribution >= 0.6 is 11.8 Å². The summed E-state index contributed by atoms with van der Waals surface area (Å²) in [5, 5.41) is 4.99. The Balaban J connectivity index is 1.00. The summed E-state index contributed by atoms with van der Waals surface area (Å²) in [6, 6.07) is 15.0. The third-order valence-electron chi connectivity index (χ3n) is 11.8. The predicted octanol–water partition coefficient (Wildman–Crippen LogP) is 5.32. The van der Waals surface area contributed by atoms with Crippen LogP contribution in [-0.2, 0) is 46.9 Å². The highest BCUT2D eigenvalue weighted by atomic mass is 32.2. The minimum absolute atomic E-state index is 0.146. The number of halogens is 3. The number of nitrogens with zero attached hydrogens (tertiary/aromatic N) is 7. The summed E-state index contributed by atoms with van der Waals surface area (Å²) in [5.74, 6) is 0.807. The van der Waals surface area contributed by atoms with Crippen LogP contribution < -0.4 is 0 Å².